The molecular weight excluding hydrogens is 261 g/mol. The van der Waals surface area contributed by atoms with Gasteiger partial charge in [0.2, 0.25) is 0 Å². The van der Waals surface area contributed by atoms with Gasteiger partial charge in [-0.3, -0.25) is 0 Å². The van der Waals surface area contributed by atoms with Crippen molar-refractivity contribution in [3.63, 3.8) is 0 Å². The summed E-state index contributed by atoms with van der Waals surface area (Å²) in [7, 11) is 0. The Kier molecular flexibility index (Phi) is 3.76. The van der Waals surface area contributed by atoms with Crippen molar-refractivity contribution in [3.05, 3.63) is 53.0 Å². The molecule has 1 aromatic carbocycles. The van der Waals surface area contributed by atoms with Crippen molar-refractivity contribution in [1.29, 1.82) is 0 Å². The van der Waals surface area contributed by atoms with Gasteiger partial charge in [0.15, 0.2) is 0 Å². The van der Waals surface area contributed by atoms with Crippen LogP contribution in [0.15, 0.2) is 30.3 Å². The maximum Gasteiger partial charge on any atom is 0.141 e. The fraction of sp³-hybridized carbons (Fsp3) is 0.143. The van der Waals surface area contributed by atoms with Gasteiger partial charge in [-0.05, 0) is 43.7 Å². The van der Waals surface area contributed by atoms with Gasteiger partial charge in [0.25, 0.3) is 0 Å². The lowest BCUT2D eigenvalue weighted by Gasteiger charge is -2.13. The molecule has 0 unspecified atom stereocenters. The molecule has 0 aliphatic carbocycles. The van der Waals surface area contributed by atoms with Crippen LogP contribution in [0.5, 0.6) is 0 Å². The molecule has 0 atom stereocenters. The van der Waals surface area contributed by atoms with Crippen LogP contribution in [0.4, 0.5) is 15.9 Å². The van der Waals surface area contributed by atoms with Crippen LogP contribution in [0.3, 0.4) is 0 Å². The average Bonchev–Trinajstić information content (AvgIpc) is 2.26. The highest BCUT2D eigenvalue weighted by Crippen LogP contribution is 2.23. The number of pyridine rings is 1. The summed E-state index contributed by atoms with van der Waals surface area (Å²) in [6.07, 6.45) is 0. The van der Waals surface area contributed by atoms with Crippen molar-refractivity contribution in [3.8, 4) is 0 Å². The molecule has 0 amide bonds. The molecule has 0 saturated carbocycles. The third-order valence-corrected chi connectivity index (χ3v) is 2.88. The number of benzene rings is 1. The summed E-state index contributed by atoms with van der Waals surface area (Å²) in [5.41, 5.74) is 8.81. The van der Waals surface area contributed by atoms with E-state index in [1.54, 1.807) is 12.1 Å². The van der Waals surface area contributed by atoms with Crippen LogP contribution in [0.2, 0.25) is 0 Å². The Balaban J connectivity index is 2.47. The van der Waals surface area contributed by atoms with Crippen molar-refractivity contribution < 1.29 is 4.39 Å². The number of hydrogen-bond acceptors (Lipinski definition) is 3. The van der Waals surface area contributed by atoms with Gasteiger partial charge in [0, 0.05) is 11.4 Å². The van der Waals surface area contributed by atoms with E-state index in [2.05, 4.69) is 10.3 Å². The van der Waals surface area contributed by atoms with E-state index in [0.29, 0.717) is 17.1 Å². The van der Waals surface area contributed by atoms with E-state index in [1.807, 2.05) is 19.9 Å². The zero-order valence-corrected chi connectivity index (χ0v) is 11.5. The summed E-state index contributed by atoms with van der Waals surface area (Å²) in [4.78, 5) is 4.65. The molecule has 0 fully saturated rings. The molecule has 0 bridgehead atoms. The quantitative estimate of drug-likeness (QED) is 0.845. The Morgan fingerprint density at radius 2 is 2.05 bits per heavy atom. The lowest BCUT2D eigenvalue weighted by Crippen LogP contribution is -2.15. The third kappa shape index (κ3) is 3.06. The van der Waals surface area contributed by atoms with E-state index in [0.717, 1.165) is 11.3 Å². The number of aromatic nitrogens is 1. The van der Waals surface area contributed by atoms with Crippen molar-refractivity contribution in [2.45, 2.75) is 13.8 Å². The second-order valence-electron chi connectivity index (χ2n) is 4.30. The van der Waals surface area contributed by atoms with E-state index in [1.165, 1.54) is 12.1 Å². The van der Waals surface area contributed by atoms with Crippen LogP contribution < -0.4 is 11.1 Å². The van der Waals surface area contributed by atoms with Crippen molar-refractivity contribution in [1.82, 2.24) is 4.98 Å². The molecule has 0 aliphatic heterocycles. The predicted molar refractivity (Wildman–Crippen MR) is 79.3 cm³/mol. The normalized spacial score (nSPS) is 10.3. The minimum Gasteiger partial charge on any atom is -0.389 e. The van der Waals surface area contributed by atoms with Gasteiger partial charge in [-0.25, -0.2) is 9.37 Å². The molecule has 19 heavy (non-hydrogen) atoms. The smallest absolute Gasteiger partial charge is 0.141 e. The van der Waals surface area contributed by atoms with E-state index >= 15 is 0 Å². The molecular formula is C14H14FN3S. The van der Waals surface area contributed by atoms with E-state index in [4.69, 9.17) is 18.0 Å². The molecule has 1 aromatic heterocycles. The molecule has 0 spiro atoms. The summed E-state index contributed by atoms with van der Waals surface area (Å²) in [6.45, 7) is 3.80. The first-order valence-corrected chi connectivity index (χ1v) is 6.19. The third-order valence-electron chi connectivity index (χ3n) is 2.68. The SMILES string of the molecule is Cc1cc(C)c(C(N)=S)c(Nc2cccc(F)c2)n1. The monoisotopic (exact) mass is 275 g/mol. The number of anilines is 2. The fourth-order valence-corrected chi connectivity index (χ4v) is 2.20. The molecule has 5 heteroatoms. The minimum absolute atomic E-state index is 0.268. The Hall–Kier alpha value is -2.01. The Morgan fingerprint density at radius 1 is 1.32 bits per heavy atom. The topological polar surface area (TPSA) is 50.9 Å². The number of rotatable bonds is 3. The Morgan fingerprint density at radius 3 is 2.68 bits per heavy atom. The molecule has 3 N–H and O–H groups in total. The number of nitrogens with two attached hydrogens (primary N) is 1. The first kappa shape index (κ1) is 13.4. The number of hydrogen-bond donors (Lipinski definition) is 2. The second-order valence-corrected chi connectivity index (χ2v) is 4.74. The van der Waals surface area contributed by atoms with Crippen LogP contribution in [-0.4, -0.2) is 9.97 Å². The maximum atomic E-state index is 13.2. The standard InChI is InChI=1S/C14H14FN3S/c1-8-6-9(2)17-14(12(8)13(16)19)18-11-5-3-4-10(15)7-11/h3-7H,1-2H3,(H2,16,19)(H,17,18). The molecule has 1 heterocycles. The zero-order valence-electron chi connectivity index (χ0n) is 10.7. The lowest BCUT2D eigenvalue weighted by atomic mass is 10.1. The fourth-order valence-electron chi connectivity index (χ4n) is 1.94. The van der Waals surface area contributed by atoms with Crippen LogP contribution in [0.1, 0.15) is 16.8 Å². The lowest BCUT2D eigenvalue weighted by molar-refractivity contribution is 0.628. The molecule has 98 valence electrons. The average molecular weight is 275 g/mol. The number of thiocarbonyl (C=S) groups is 1. The second kappa shape index (κ2) is 5.32. The highest BCUT2D eigenvalue weighted by Gasteiger charge is 2.11. The van der Waals surface area contributed by atoms with Crippen LogP contribution in [0, 0.1) is 19.7 Å². The molecule has 0 saturated heterocycles. The van der Waals surface area contributed by atoms with Gasteiger partial charge in [-0.1, -0.05) is 18.3 Å². The highest BCUT2D eigenvalue weighted by molar-refractivity contribution is 7.80. The number of nitrogens with one attached hydrogen (secondary N) is 1. The molecule has 3 nitrogen and oxygen atoms in total. The van der Waals surface area contributed by atoms with Gasteiger partial charge in [-0.2, -0.15) is 0 Å². The summed E-state index contributed by atoms with van der Waals surface area (Å²) in [6, 6.07) is 8.06. The largest absolute Gasteiger partial charge is 0.389 e. The van der Waals surface area contributed by atoms with Gasteiger partial charge >= 0.3 is 0 Å². The zero-order chi connectivity index (χ0) is 14.0. The van der Waals surface area contributed by atoms with Crippen molar-refractivity contribution in [2.75, 3.05) is 5.32 Å². The Bertz CT molecular complexity index is 641. The molecule has 0 aliphatic rings. The first-order valence-electron chi connectivity index (χ1n) is 5.78. The first-order chi connectivity index (χ1) is 8.97. The van der Waals surface area contributed by atoms with E-state index in [9.17, 15) is 4.39 Å². The van der Waals surface area contributed by atoms with Gasteiger partial charge < -0.3 is 11.1 Å². The van der Waals surface area contributed by atoms with Gasteiger partial charge in [0.05, 0.1) is 5.56 Å². The molecule has 2 aromatic rings. The maximum absolute atomic E-state index is 13.2. The predicted octanol–water partition coefficient (Wildman–Crippen LogP) is 3.22. The summed E-state index contributed by atoms with van der Waals surface area (Å²) < 4.78 is 13.2. The van der Waals surface area contributed by atoms with Gasteiger partial charge in [-0.15, -0.1) is 0 Å². The van der Waals surface area contributed by atoms with Crippen molar-refractivity contribution in [2.24, 2.45) is 5.73 Å². The Labute approximate surface area is 116 Å². The van der Waals surface area contributed by atoms with Crippen LogP contribution in [-0.2, 0) is 0 Å². The highest BCUT2D eigenvalue weighted by atomic mass is 32.1. The summed E-state index contributed by atoms with van der Waals surface area (Å²) in [5, 5.41) is 3.06. The summed E-state index contributed by atoms with van der Waals surface area (Å²) >= 11 is 5.05. The molecule has 0 radical (unpaired) electrons. The van der Waals surface area contributed by atoms with E-state index in [-0.39, 0.29) is 10.8 Å². The van der Waals surface area contributed by atoms with Gasteiger partial charge in [0.1, 0.15) is 16.6 Å². The number of halogens is 1. The van der Waals surface area contributed by atoms with Crippen molar-refractivity contribution >= 4 is 28.7 Å². The number of aryl methyl sites for hydroxylation is 2. The molecule has 2 rings (SSSR count). The number of nitrogens with zero attached hydrogens (tertiary/aromatic N) is 1. The summed E-state index contributed by atoms with van der Waals surface area (Å²) in [5.74, 6) is 0.238. The van der Waals surface area contributed by atoms with Crippen LogP contribution >= 0.6 is 12.2 Å². The minimum atomic E-state index is -0.314. The van der Waals surface area contributed by atoms with Crippen LogP contribution in [0.25, 0.3) is 0 Å². The van der Waals surface area contributed by atoms with E-state index < -0.39 is 0 Å².